The first-order chi connectivity index (χ1) is 8.06. The summed E-state index contributed by atoms with van der Waals surface area (Å²) in [4.78, 5) is 12.0. The lowest BCUT2D eigenvalue weighted by molar-refractivity contribution is -0.148. The van der Waals surface area contributed by atoms with Gasteiger partial charge in [-0.1, -0.05) is 40.2 Å². The van der Waals surface area contributed by atoms with Crippen LogP contribution in [0.3, 0.4) is 0 Å². The zero-order valence-corrected chi connectivity index (χ0v) is 11.6. The van der Waals surface area contributed by atoms with Gasteiger partial charge >= 0.3 is 5.97 Å². The molecule has 17 heavy (non-hydrogen) atoms. The van der Waals surface area contributed by atoms with E-state index in [-0.39, 0.29) is 5.97 Å². The number of hydrogen-bond acceptors (Lipinski definition) is 3. The Balaban J connectivity index is 3.18. The predicted octanol–water partition coefficient (Wildman–Crippen LogP) is 2.61. The molecule has 0 saturated heterocycles. The molecule has 3 nitrogen and oxygen atoms in total. The lowest BCUT2D eigenvalue weighted by Crippen LogP contribution is -2.47. The van der Waals surface area contributed by atoms with Crippen LogP contribution in [0, 0.1) is 0 Å². The van der Waals surface area contributed by atoms with Crippen LogP contribution >= 0.6 is 15.9 Å². The third kappa shape index (κ3) is 2.96. The number of rotatable bonds is 5. The van der Waals surface area contributed by atoms with E-state index < -0.39 is 5.54 Å². The van der Waals surface area contributed by atoms with Gasteiger partial charge in [-0.15, -0.1) is 6.58 Å². The molecular weight excluding hydrogens is 282 g/mol. The van der Waals surface area contributed by atoms with Crippen LogP contribution in [0.2, 0.25) is 0 Å². The number of benzene rings is 1. The van der Waals surface area contributed by atoms with Crippen LogP contribution in [0.5, 0.6) is 0 Å². The van der Waals surface area contributed by atoms with Crippen LogP contribution in [0.15, 0.2) is 41.4 Å². The van der Waals surface area contributed by atoms with Gasteiger partial charge in [0.25, 0.3) is 0 Å². The summed E-state index contributed by atoms with van der Waals surface area (Å²) in [5, 5.41) is 3.13. The van der Waals surface area contributed by atoms with E-state index in [1.807, 2.05) is 24.3 Å². The van der Waals surface area contributed by atoms with Crippen molar-refractivity contribution in [2.45, 2.75) is 12.5 Å². The fourth-order valence-corrected chi connectivity index (χ4v) is 2.31. The Hall–Kier alpha value is -1.13. The Morgan fingerprint density at radius 2 is 2.24 bits per heavy atom. The number of halogens is 1. The smallest absolute Gasteiger partial charge is 0.330 e. The van der Waals surface area contributed by atoms with Gasteiger partial charge in [0.05, 0.1) is 7.11 Å². The molecule has 0 saturated carbocycles. The largest absolute Gasteiger partial charge is 0.467 e. The summed E-state index contributed by atoms with van der Waals surface area (Å²) in [6.07, 6.45) is 1.71. The average molecular weight is 298 g/mol. The van der Waals surface area contributed by atoms with Gasteiger partial charge in [0.15, 0.2) is 0 Å². The molecule has 1 N–H and O–H groups in total. The van der Waals surface area contributed by atoms with E-state index in [1.165, 1.54) is 7.11 Å². The SMILES string of the molecule is C=CCNC(C)(C(=O)OC)c1ccccc1Br. The van der Waals surface area contributed by atoms with Crippen molar-refractivity contribution in [1.82, 2.24) is 5.32 Å². The molecule has 0 aliphatic rings. The molecule has 1 aromatic carbocycles. The van der Waals surface area contributed by atoms with Gasteiger partial charge in [-0.25, -0.2) is 4.79 Å². The average Bonchev–Trinajstić information content (AvgIpc) is 2.35. The third-order valence-corrected chi connectivity index (χ3v) is 3.30. The standard InChI is InChI=1S/C13H16BrNO2/c1-4-9-15-13(2,12(16)17-3)10-7-5-6-8-11(10)14/h4-8,15H,1,9H2,2-3H3. The van der Waals surface area contributed by atoms with E-state index in [0.717, 1.165) is 10.0 Å². The minimum atomic E-state index is -0.886. The van der Waals surface area contributed by atoms with Crippen molar-refractivity contribution in [2.75, 3.05) is 13.7 Å². The minimum absolute atomic E-state index is 0.328. The monoisotopic (exact) mass is 297 g/mol. The maximum absolute atomic E-state index is 12.0. The van der Waals surface area contributed by atoms with Crippen molar-refractivity contribution in [3.63, 3.8) is 0 Å². The molecule has 0 bridgehead atoms. The van der Waals surface area contributed by atoms with Gasteiger partial charge in [-0.05, 0) is 18.6 Å². The van der Waals surface area contributed by atoms with E-state index >= 15 is 0 Å². The Labute approximate surface area is 110 Å². The van der Waals surface area contributed by atoms with E-state index in [1.54, 1.807) is 13.0 Å². The number of hydrogen-bond donors (Lipinski definition) is 1. The van der Waals surface area contributed by atoms with Gasteiger partial charge < -0.3 is 4.74 Å². The van der Waals surface area contributed by atoms with Crippen molar-refractivity contribution in [1.29, 1.82) is 0 Å². The zero-order chi connectivity index (χ0) is 12.9. The van der Waals surface area contributed by atoms with E-state index in [2.05, 4.69) is 27.8 Å². The highest BCUT2D eigenvalue weighted by Crippen LogP contribution is 2.29. The lowest BCUT2D eigenvalue weighted by Gasteiger charge is -2.29. The first kappa shape index (κ1) is 13.9. The fourth-order valence-electron chi connectivity index (χ4n) is 1.62. The van der Waals surface area contributed by atoms with Crippen LogP contribution in [0.25, 0.3) is 0 Å². The van der Waals surface area contributed by atoms with Crippen molar-refractivity contribution < 1.29 is 9.53 Å². The normalized spacial score (nSPS) is 13.8. The topological polar surface area (TPSA) is 38.3 Å². The van der Waals surface area contributed by atoms with Crippen molar-refractivity contribution >= 4 is 21.9 Å². The molecule has 0 spiro atoms. The molecule has 1 aromatic rings. The summed E-state index contributed by atoms with van der Waals surface area (Å²) in [5.41, 5.74) is -0.0445. The molecular formula is C13H16BrNO2. The van der Waals surface area contributed by atoms with E-state index in [4.69, 9.17) is 4.74 Å². The maximum Gasteiger partial charge on any atom is 0.330 e. The Kier molecular flexibility index (Phi) is 4.90. The number of methoxy groups -OCH3 is 1. The van der Waals surface area contributed by atoms with Gasteiger partial charge in [-0.2, -0.15) is 0 Å². The number of ether oxygens (including phenoxy) is 1. The lowest BCUT2D eigenvalue weighted by atomic mass is 9.92. The zero-order valence-electron chi connectivity index (χ0n) is 10.00. The van der Waals surface area contributed by atoms with Crippen LogP contribution in [-0.2, 0) is 15.1 Å². The summed E-state index contributed by atoms with van der Waals surface area (Å²) >= 11 is 3.45. The Bertz CT molecular complexity index is 420. The second-order valence-electron chi connectivity index (χ2n) is 3.77. The summed E-state index contributed by atoms with van der Waals surface area (Å²) in [7, 11) is 1.38. The van der Waals surface area contributed by atoms with Crippen LogP contribution in [0.1, 0.15) is 12.5 Å². The summed E-state index contributed by atoms with van der Waals surface area (Å²) < 4.78 is 5.73. The van der Waals surface area contributed by atoms with E-state index in [0.29, 0.717) is 6.54 Å². The van der Waals surface area contributed by atoms with Gasteiger partial charge in [-0.3, -0.25) is 5.32 Å². The third-order valence-electron chi connectivity index (χ3n) is 2.61. The summed E-state index contributed by atoms with van der Waals surface area (Å²) in [6.45, 7) is 5.95. The summed E-state index contributed by atoms with van der Waals surface area (Å²) in [6, 6.07) is 7.57. The highest BCUT2D eigenvalue weighted by Gasteiger charge is 2.36. The van der Waals surface area contributed by atoms with Gasteiger partial charge in [0.2, 0.25) is 0 Å². The van der Waals surface area contributed by atoms with Gasteiger partial charge in [0, 0.05) is 11.0 Å². The second-order valence-corrected chi connectivity index (χ2v) is 4.62. The maximum atomic E-state index is 12.0. The van der Waals surface area contributed by atoms with Gasteiger partial charge in [0.1, 0.15) is 5.54 Å². The molecule has 1 unspecified atom stereocenters. The second kappa shape index (κ2) is 5.98. The molecule has 0 heterocycles. The van der Waals surface area contributed by atoms with Crippen molar-refractivity contribution in [3.05, 3.63) is 47.0 Å². The predicted molar refractivity (Wildman–Crippen MR) is 71.7 cm³/mol. The quantitative estimate of drug-likeness (QED) is 0.671. The number of nitrogens with one attached hydrogen (secondary N) is 1. The first-order valence-corrected chi connectivity index (χ1v) is 6.05. The highest BCUT2D eigenvalue weighted by atomic mass is 79.9. The fraction of sp³-hybridized carbons (Fsp3) is 0.308. The molecule has 0 aliphatic heterocycles. The van der Waals surface area contributed by atoms with Crippen LogP contribution < -0.4 is 5.32 Å². The summed E-state index contributed by atoms with van der Waals surface area (Å²) in [5.74, 6) is -0.328. The van der Waals surface area contributed by atoms with Crippen LogP contribution in [-0.4, -0.2) is 19.6 Å². The number of esters is 1. The van der Waals surface area contributed by atoms with E-state index in [9.17, 15) is 4.79 Å². The molecule has 0 aromatic heterocycles. The Morgan fingerprint density at radius 1 is 1.59 bits per heavy atom. The molecule has 0 amide bonds. The first-order valence-electron chi connectivity index (χ1n) is 5.25. The number of carbonyl (C=O) groups is 1. The number of carbonyl (C=O) groups excluding carboxylic acids is 1. The molecule has 0 fully saturated rings. The molecule has 1 atom stereocenters. The Morgan fingerprint density at radius 3 is 2.76 bits per heavy atom. The molecule has 92 valence electrons. The highest BCUT2D eigenvalue weighted by molar-refractivity contribution is 9.10. The van der Waals surface area contributed by atoms with Crippen LogP contribution in [0.4, 0.5) is 0 Å². The van der Waals surface area contributed by atoms with Crippen molar-refractivity contribution in [2.24, 2.45) is 0 Å². The molecule has 4 heteroatoms. The molecule has 0 radical (unpaired) electrons. The van der Waals surface area contributed by atoms with Crippen molar-refractivity contribution in [3.8, 4) is 0 Å². The minimum Gasteiger partial charge on any atom is -0.467 e. The molecule has 1 rings (SSSR count). The molecule has 0 aliphatic carbocycles.